The zero-order valence-corrected chi connectivity index (χ0v) is 18.8. The number of aromatic nitrogens is 1. The van der Waals surface area contributed by atoms with Crippen molar-refractivity contribution in [2.45, 2.75) is 52.1 Å². The summed E-state index contributed by atoms with van der Waals surface area (Å²) in [6.45, 7) is 11.3. The molecular weight excluding hydrogens is 378 g/mol. The monoisotopic (exact) mass is 405 g/mol. The molecule has 2 aliphatic rings. The largest absolute Gasteiger partial charge is 0.485 e. The summed E-state index contributed by atoms with van der Waals surface area (Å²) in [5, 5.41) is 1.27. The second-order valence-corrected chi connectivity index (χ2v) is 9.85. The predicted octanol–water partition coefficient (Wildman–Crippen LogP) is 7.34. The van der Waals surface area contributed by atoms with E-state index in [1.807, 2.05) is 0 Å². The molecular formula is C29H27NO. The van der Waals surface area contributed by atoms with E-state index in [2.05, 4.69) is 95.3 Å². The van der Waals surface area contributed by atoms with Crippen LogP contribution in [-0.4, -0.2) is 4.98 Å². The Labute approximate surface area is 183 Å². The van der Waals surface area contributed by atoms with Gasteiger partial charge in [-0.3, -0.25) is 0 Å². The highest BCUT2D eigenvalue weighted by Gasteiger charge is 2.53. The maximum absolute atomic E-state index is 6.49. The first-order valence-corrected chi connectivity index (χ1v) is 11.1. The first kappa shape index (κ1) is 18.6. The van der Waals surface area contributed by atoms with Crippen LogP contribution >= 0.6 is 0 Å². The van der Waals surface area contributed by atoms with Gasteiger partial charge in [-0.25, -0.2) is 4.98 Å². The number of hydrogen-bond donors (Lipinski definition) is 0. The normalized spacial score (nSPS) is 20.3. The molecule has 0 spiro atoms. The number of para-hydroxylation sites is 1. The lowest BCUT2D eigenvalue weighted by atomic mass is 9.73. The lowest BCUT2D eigenvalue weighted by Crippen LogP contribution is -2.23. The van der Waals surface area contributed by atoms with Crippen molar-refractivity contribution in [3.63, 3.8) is 0 Å². The fraction of sp³-hybridized carbons (Fsp3) is 0.276. The van der Waals surface area contributed by atoms with Gasteiger partial charge in [-0.1, -0.05) is 56.3 Å². The van der Waals surface area contributed by atoms with Crippen LogP contribution in [-0.2, 0) is 5.41 Å². The average Bonchev–Trinajstić information content (AvgIpc) is 3.21. The number of aryl methyl sites for hydroxylation is 3. The molecule has 0 bridgehead atoms. The molecule has 0 saturated heterocycles. The lowest BCUT2D eigenvalue weighted by Gasteiger charge is -2.28. The fourth-order valence-corrected chi connectivity index (χ4v) is 6.24. The number of nitrogens with zero attached hydrogens (tertiary/aromatic N) is 1. The minimum absolute atomic E-state index is 0.0454. The highest BCUT2D eigenvalue weighted by atomic mass is 16.5. The minimum Gasteiger partial charge on any atom is -0.485 e. The van der Waals surface area contributed by atoms with Crippen molar-refractivity contribution in [2.75, 3.05) is 0 Å². The second-order valence-electron chi connectivity index (χ2n) is 9.85. The smallest absolute Gasteiger partial charge is 0.132 e. The van der Waals surface area contributed by atoms with Gasteiger partial charge >= 0.3 is 0 Å². The van der Waals surface area contributed by atoms with Gasteiger partial charge in [-0.2, -0.15) is 0 Å². The van der Waals surface area contributed by atoms with Crippen LogP contribution in [0, 0.1) is 20.8 Å². The van der Waals surface area contributed by atoms with Gasteiger partial charge < -0.3 is 4.74 Å². The van der Waals surface area contributed by atoms with E-state index in [0.29, 0.717) is 5.92 Å². The Morgan fingerprint density at radius 2 is 1.58 bits per heavy atom. The Kier molecular flexibility index (Phi) is 3.72. The molecule has 0 radical (unpaired) electrons. The molecule has 1 aromatic heterocycles. The van der Waals surface area contributed by atoms with E-state index in [0.717, 1.165) is 17.0 Å². The van der Waals surface area contributed by atoms with Gasteiger partial charge in [0.2, 0.25) is 0 Å². The van der Waals surface area contributed by atoms with Gasteiger partial charge in [0, 0.05) is 27.8 Å². The summed E-state index contributed by atoms with van der Waals surface area (Å²) in [7, 11) is 0. The number of ether oxygens (including phenoxy) is 1. The Bertz CT molecular complexity index is 1380. The Morgan fingerprint density at radius 1 is 0.839 bits per heavy atom. The van der Waals surface area contributed by atoms with Crippen molar-refractivity contribution in [3.05, 3.63) is 94.0 Å². The van der Waals surface area contributed by atoms with Crippen molar-refractivity contribution in [2.24, 2.45) is 0 Å². The highest BCUT2D eigenvalue weighted by Crippen LogP contribution is 2.62. The number of rotatable bonds is 1. The molecule has 2 heterocycles. The molecule has 31 heavy (non-hydrogen) atoms. The van der Waals surface area contributed by atoms with E-state index in [-0.39, 0.29) is 11.5 Å². The minimum atomic E-state index is -0.0454. The summed E-state index contributed by atoms with van der Waals surface area (Å²) in [6.07, 6.45) is 0.0772. The Hall–Kier alpha value is -3.13. The summed E-state index contributed by atoms with van der Waals surface area (Å²) in [4.78, 5) is 5.17. The first-order chi connectivity index (χ1) is 14.9. The van der Waals surface area contributed by atoms with E-state index in [9.17, 15) is 0 Å². The number of fused-ring (bicyclic) bond motifs is 6. The van der Waals surface area contributed by atoms with Crippen molar-refractivity contribution in [3.8, 4) is 17.0 Å². The van der Waals surface area contributed by atoms with Crippen LogP contribution in [0.1, 0.15) is 59.3 Å². The first-order valence-electron chi connectivity index (χ1n) is 11.1. The van der Waals surface area contributed by atoms with Gasteiger partial charge in [0.15, 0.2) is 0 Å². The fourth-order valence-electron chi connectivity index (χ4n) is 6.24. The summed E-state index contributed by atoms with van der Waals surface area (Å²) < 4.78 is 6.49. The molecule has 0 N–H and O–H groups in total. The molecule has 154 valence electrons. The SMILES string of the molecule is Cc1cc(C)c2c(C)cc(-c3cccc4c3C(C)(C)C3c5ccccc5OC43)nc2c1. The van der Waals surface area contributed by atoms with Crippen LogP contribution in [0.15, 0.2) is 60.7 Å². The third-order valence-corrected chi connectivity index (χ3v) is 7.36. The predicted molar refractivity (Wildman–Crippen MR) is 127 cm³/mol. The third-order valence-electron chi connectivity index (χ3n) is 7.36. The molecule has 3 aromatic carbocycles. The van der Waals surface area contributed by atoms with Gasteiger partial charge in [0.1, 0.15) is 11.9 Å². The molecule has 2 heteroatoms. The molecule has 4 aromatic rings. The molecule has 0 saturated carbocycles. The molecule has 2 atom stereocenters. The average molecular weight is 406 g/mol. The van der Waals surface area contributed by atoms with Crippen LogP contribution in [0.4, 0.5) is 0 Å². The molecule has 2 nitrogen and oxygen atoms in total. The maximum Gasteiger partial charge on any atom is 0.132 e. The number of pyridine rings is 1. The highest BCUT2D eigenvalue weighted by molar-refractivity contribution is 5.89. The van der Waals surface area contributed by atoms with E-state index in [1.54, 1.807) is 0 Å². The topological polar surface area (TPSA) is 22.1 Å². The van der Waals surface area contributed by atoms with Crippen LogP contribution in [0.25, 0.3) is 22.2 Å². The van der Waals surface area contributed by atoms with Gasteiger partial charge in [-0.05, 0) is 66.8 Å². The van der Waals surface area contributed by atoms with Crippen molar-refractivity contribution in [1.82, 2.24) is 4.98 Å². The molecule has 6 rings (SSSR count). The van der Waals surface area contributed by atoms with Crippen molar-refractivity contribution < 1.29 is 4.74 Å². The molecule has 0 amide bonds. The van der Waals surface area contributed by atoms with Crippen LogP contribution in [0.3, 0.4) is 0 Å². The van der Waals surface area contributed by atoms with Crippen LogP contribution in [0.2, 0.25) is 0 Å². The Balaban J connectivity index is 1.58. The lowest BCUT2D eigenvalue weighted by molar-refractivity contribution is 0.198. The van der Waals surface area contributed by atoms with Crippen molar-refractivity contribution >= 4 is 10.9 Å². The summed E-state index contributed by atoms with van der Waals surface area (Å²) in [6, 6.07) is 21.9. The maximum atomic E-state index is 6.49. The Morgan fingerprint density at radius 3 is 2.42 bits per heavy atom. The molecule has 1 aliphatic heterocycles. The van der Waals surface area contributed by atoms with Gasteiger partial charge in [-0.15, -0.1) is 0 Å². The third kappa shape index (κ3) is 2.48. The summed E-state index contributed by atoms with van der Waals surface area (Å²) >= 11 is 0. The zero-order chi connectivity index (χ0) is 21.5. The van der Waals surface area contributed by atoms with Crippen LogP contribution in [0.5, 0.6) is 5.75 Å². The van der Waals surface area contributed by atoms with Crippen LogP contribution < -0.4 is 4.74 Å². The molecule has 2 unspecified atom stereocenters. The number of benzene rings is 3. The summed E-state index contributed by atoms with van der Waals surface area (Å²) in [5.74, 6) is 1.36. The van der Waals surface area contributed by atoms with E-state index >= 15 is 0 Å². The standard InChI is InChI=1S/C29H27NO/c1-16-13-17(2)25-18(3)15-22(30-23(25)14-16)19-10-8-11-21-26(19)29(4,5)27-20-9-6-7-12-24(20)31-28(21)27/h6-15,27-28H,1-5H3. The van der Waals surface area contributed by atoms with Gasteiger partial charge in [0.25, 0.3) is 0 Å². The second kappa shape index (κ2) is 6.20. The van der Waals surface area contributed by atoms with Crippen molar-refractivity contribution in [1.29, 1.82) is 0 Å². The summed E-state index contributed by atoms with van der Waals surface area (Å²) in [5.41, 5.74) is 11.2. The quantitative estimate of drug-likeness (QED) is 0.331. The molecule has 1 aliphatic carbocycles. The van der Waals surface area contributed by atoms with E-state index in [1.165, 1.54) is 44.3 Å². The molecule has 0 fully saturated rings. The van der Waals surface area contributed by atoms with E-state index < -0.39 is 0 Å². The zero-order valence-electron chi connectivity index (χ0n) is 18.8. The number of hydrogen-bond acceptors (Lipinski definition) is 2. The van der Waals surface area contributed by atoms with E-state index in [4.69, 9.17) is 9.72 Å². The van der Waals surface area contributed by atoms with Gasteiger partial charge in [0.05, 0.1) is 11.2 Å².